The Bertz CT molecular complexity index is 863. The first kappa shape index (κ1) is 19.3. The maximum Gasteiger partial charge on any atom is 0.211 e. The highest BCUT2D eigenvalue weighted by atomic mass is 32.2. The molecule has 1 aromatic heterocycles. The number of pyridine rings is 1. The van der Waals surface area contributed by atoms with Crippen LogP contribution in [0.5, 0.6) is 5.75 Å². The van der Waals surface area contributed by atoms with Crippen molar-refractivity contribution in [1.82, 2.24) is 9.29 Å². The van der Waals surface area contributed by atoms with Crippen LogP contribution in [0.1, 0.15) is 26.3 Å². The fourth-order valence-electron chi connectivity index (χ4n) is 2.39. The molecule has 6 nitrogen and oxygen atoms in total. The lowest BCUT2D eigenvalue weighted by molar-refractivity contribution is -0.117. The first-order valence-corrected chi connectivity index (χ1v) is 9.96. The van der Waals surface area contributed by atoms with Gasteiger partial charge in [-0.05, 0) is 36.6 Å². The first-order valence-electron chi connectivity index (χ1n) is 8.12. The van der Waals surface area contributed by atoms with Gasteiger partial charge < -0.3 is 4.74 Å². The standard InChI is InChI=1S/C18H24N2O4S/c1-13(2)12-24-18-7-8-19-17-9-15(5-6-16(17)18)11-20(10-14(3)21)25(4,22)23/h5-9,13H,10-12H2,1-4H3. The number of benzene rings is 1. The summed E-state index contributed by atoms with van der Waals surface area (Å²) in [6.07, 6.45) is 2.78. The van der Waals surface area contributed by atoms with Crippen LogP contribution >= 0.6 is 0 Å². The molecule has 0 fully saturated rings. The van der Waals surface area contributed by atoms with E-state index in [0.717, 1.165) is 32.8 Å². The van der Waals surface area contributed by atoms with Crippen molar-refractivity contribution in [2.75, 3.05) is 19.4 Å². The minimum absolute atomic E-state index is 0.132. The number of hydrogen-bond donors (Lipinski definition) is 0. The number of fused-ring (bicyclic) bond motifs is 1. The third kappa shape index (κ3) is 5.51. The maximum absolute atomic E-state index is 11.9. The smallest absolute Gasteiger partial charge is 0.211 e. The van der Waals surface area contributed by atoms with Gasteiger partial charge in [0.2, 0.25) is 10.0 Å². The molecule has 136 valence electrons. The molecule has 0 aliphatic rings. The summed E-state index contributed by atoms with van der Waals surface area (Å²) < 4.78 is 30.7. The number of carbonyl (C=O) groups excluding carboxylic acids is 1. The lowest BCUT2D eigenvalue weighted by Crippen LogP contribution is -2.33. The molecule has 0 amide bonds. The summed E-state index contributed by atoms with van der Waals surface area (Å²) in [6, 6.07) is 7.37. The van der Waals surface area contributed by atoms with E-state index in [1.54, 1.807) is 6.20 Å². The molecule has 7 heteroatoms. The Morgan fingerprint density at radius 1 is 1.28 bits per heavy atom. The number of carbonyl (C=O) groups is 1. The highest BCUT2D eigenvalue weighted by Gasteiger charge is 2.19. The predicted octanol–water partition coefficient (Wildman–Crippen LogP) is 2.62. The molecule has 0 unspecified atom stereocenters. The molecule has 0 saturated carbocycles. The summed E-state index contributed by atoms with van der Waals surface area (Å²) in [7, 11) is -3.47. The Morgan fingerprint density at radius 3 is 2.60 bits per heavy atom. The molecule has 0 aliphatic carbocycles. The normalized spacial score (nSPS) is 12.1. The number of Topliss-reactive ketones (excluding diaryl/α,β-unsaturated/α-hetero) is 1. The third-order valence-electron chi connectivity index (χ3n) is 3.57. The summed E-state index contributed by atoms with van der Waals surface area (Å²) in [5, 5.41) is 0.879. The van der Waals surface area contributed by atoms with Gasteiger partial charge in [-0.2, -0.15) is 4.31 Å². The molecule has 0 aliphatic heterocycles. The van der Waals surface area contributed by atoms with Crippen molar-refractivity contribution < 1.29 is 17.9 Å². The Labute approximate surface area is 148 Å². The van der Waals surface area contributed by atoms with Crippen molar-refractivity contribution in [2.24, 2.45) is 5.92 Å². The number of hydrogen-bond acceptors (Lipinski definition) is 5. The van der Waals surface area contributed by atoms with Crippen LogP contribution in [0.4, 0.5) is 0 Å². The predicted molar refractivity (Wildman–Crippen MR) is 98.0 cm³/mol. The highest BCUT2D eigenvalue weighted by Crippen LogP contribution is 2.25. The monoisotopic (exact) mass is 364 g/mol. The molecule has 0 N–H and O–H groups in total. The van der Waals surface area contributed by atoms with Gasteiger partial charge in [0.1, 0.15) is 11.5 Å². The van der Waals surface area contributed by atoms with Crippen LogP contribution in [0.25, 0.3) is 10.9 Å². The quantitative estimate of drug-likeness (QED) is 0.720. The number of aromatic nitrogens is 1. The number of ketones is 1. The van der Waals surface area contributed by atoms with E-state index < -0.39 is 10.0 Å². The zero-order valence-corrected chi connectivity index (χ0v) is 15.8. The molecule has 0 saturated heterocycles. The van der Waals surface area contributed by atoms with Crippen molar-refractivity contribution >= 4 is 26.7 Å². The largest absolute Gasteiger partial charge is 0.493 e. The Morgan fingerprint density at radius 2 is 2.00 bits per heavy atom. The van der Waals surface area contributed by atoms with E-state index in [-0.39, 0.29) is 18.9 Å². The molecule has 0 spiro atoms. The summed E-state index contributed by atoms with van der Waals surface area (Å²) in [6.45, 7) is 6.14. The van der Waals surface area contributed by atoms with Crippen LogP contribution in [-0.4, -0.2) is 42.9 Å². The molecule has 25 heavy (non-hydrogen) atoms. The maximum atomic E-state index is 11.9. The molecular formula is C18H24N2O4S. The average molecular weight is 364 g/mol. The van der Waals surface area contributed by atoms with Gasteiger partial charge in [0.15, 0.2) is 0 Å². The molecule has 0 bridgehead atoms. The molecule has 2 aromatic rings. The summed E-state index contributed by atoms with van der Waals surface area (Å²) in [5.41, 5.74) is 1.50. The van der Waals surface area contributed by atoms with Crippen molar-refractivity contribution in [3.63, 3.8) is 0 Å². The fourth-order valence-corrected chi connectivity index (χ4v) is 3.19. The van der Waals surface area contributed by atoms with Crippen molar-refractivity contribution in [1.29, 1.82) is 0 Å². The van der Waals surface area contributed by atoms with E-state index in [0.29, 0.717) is 12.5 Å². The fraction of sp³-hybridized carbons (Fsp3) is 0.444. The van der Waals surface area contributed by atoms with E-state index in [1.807, 2.05) is 24.3 Å². The van der Waals surface area contributed by atoms with Crippen molar-refractivity contribution in [2.45, 2.75) is 27.3 Å². The van der Waals surface area contributed by atoms with Gasteiger partial charge in [0.25, 0.3) is 0 Å². The van der Waals surface area contributed by atoms with Gasteiger partial charge >= 0.3 is 0 Å². The van der Waals surface area contributed by atoms with E-state index in [4.69, 9.17) is 4.74 Å². The summed E-state index contributed by atoms with van der Waals surface area (Å²) in [4.78, 5) is 15.7. The Hall–Kier alpha value is -1.99. The van der Waals surface area contributed by atoms with Crippen LogP contribution in [0.3, 0.4) is 0 Å². The van der Waals surface area contributed by atoms with Crippen molar-refractivity contribution in [3.05, 3.63) is 36.0 Å². The van der Waals surface area contributed by atoms with Gasteiger partial charge in [0, 0.05) is 18.1 Å². The van der Waals surface area contributed by atoms with Crippen LogP contribution in [0, 0.1) is 5.92 Å². The topological polar surface area (TPSA) is 76.6 Å². The summed E-state index contributed by atoms with van der Waals surface area (Å²) in [5.74, 6) is 0.972. The zero-order chi connectivity index (χ0) is 18.6. The highest BCUT2D eigenvalue weighted by molar-refractivity contribution is 7.88. The lowest BCUT2D eigenvalue weighted by atomic mass is 10.1. The molecule has 1 heterocycles. The van der Waals surface area contributed by atoms with Gasteiger partial charge in [-0.15, -0.1) is 0 Å². The number of ether oxygens (including phenoxy) is 1. The van der Waals surface area contributed by atoms with Gasteiger partial charge in [-0.1, -0.05) is 19.9 Å². The van der Waals surface area contributed by atoms with Gasteiger partial charge in [-0.25, -0.2) is 8.42 Å². The number of nitrogens with zero attached hydrogens (tertiary/aromatic N) is 2. The van der Waals surface area contributed by atoms with E-state index in [9.17, 15) is 13.2 Å². The minimum atomic E-state index is -3.47. The van der Waals surface area contributed by atoms with Crippen LogP contribution in [-0.2, 0) is 21.4 Å². The van der Waals surface area contributed by atoms with Crippen LogP contribution in [0.2, 0.25) is 0 Å². The summed E-state index contributed by atoms with van der Waals surface area (Å²) >= 11 is 0. The van der Waals surface area contributed by atoms with Gasteiger partial charge in [-0.3, -0.25) is 9.78 Å². The molecule has 0 radical (unpaired) electrons. The zero-order valence-electron chi connectivity index (χ0n) is 15.0. The minimum Gasteiger partial charge on any atom is -0.493 e. The van der Waals surface area contributed by atoms with E-state index >= 15 is 0 Å². The average Bonchev–Trinajstić information content (AvgIpc) is 2.50. The third-order valence-corrected chi connectivity index (χ3v) is 4.76. The first-order chi connectivity index (χ1) is 11.7. The second-order valence-electron chi connectivity index (χ2n) is 6.60. The molecular weight excluding hydrogens is 340 g/mol. The SMILES string of the molecule is CC(=O)CN(Cc1ccc2c(OCC(C)C)ccnc2c1)S(C)(=O)=O. The second-order valence-corrected chi connectivity index (χ2v) is 8.58. The number of sulfonamides is 1. The second kappa shape index (κ2) is 7.93. The molecule has 0 atom stereocenters. The number of rotatable bonds is 8. The van der Waals surface area contributed by atoms with E-state index in [1.165, 1.54) is 6.92 Å². The molecule has 2 rings (SSSR count). The Kier molecular flexibility index (Phi) is 6.13. The van der Waals surface area contributed by atoms with Crippen LogP contribution < -0.4 is 4.74 Å². The van der Waals surface area contributed by atoms with Crippen LogP contribution in [0.15, 0.2) is 30.5 Å². The molecule has 1 aromatic carbocycles. The van der Waals surface area contributed by atoms with E-state index in [2.05, 4.69) is 18.8 Å². The lowest BCUT2D eigenvalue weighted by Gasteiger charge is -2.19. The van der Waals surface area contributed by atoms with Crippen molar-refractivity contribution in [3.8, 4) is 5.75 Å². The van der Waals surface area contributed by atoms with Gasteiger partial charge in [0.05, 0.1) is 24.9 Å². The Balaban J connectivity index is 2.30.